The largest absolute Gasteiger partial charge is 0.489 e. The Hall–Kier alpha value is -5.97. The van der Waals surface area contributed by atoms with Crippen molar-refractivity contribution in [3.05, 3.63) is 105 Å². The molecule has 0 bridgehead atoms. The van der Waals surface area contributed by atoms with E-state index < -0.39 is 40.8 Å². The summed E-state index contributed by atoms with van der Waals surface area (Å²) in [6, 6.07) is 16.2. The second kappa shape index (κ2) is 11.6. The van der Waals surface area contributed by atoms with Crippen molar-refractivity contribution in [3.8, 4) is 11.5 Å². The third-order valence-corrected chi connectivity index (χ3v) is 9.68. The van der Waals surface area contributed by atoms with E-state index >= 15 is 0 Å². The molecule has 1 aromatic heterocycles. The van der Waals surface area contributed by atoms with E-state index in [1.807, 2.05) is 26.0 Å². The number of esters is 1. The number of carbonyl (C=O) groups excluding carboxylic acids is 5. The first-order chi connectivity index (χ1) is 24.0. The molecule has 0 spiro atoms. The summed E-state index contributed by atoms with van der Waals surface area (Å²) in [6.07, 6.45) is 4.33. The minimum Gasteiger partial charge on any atom is -0.489 e. The fourth-order valence-corrected chi connectivity index (χ4v) is 7.42. The smallest absolute Gasteiger partial charge is 0.308 e. The normalized spacial score (nSPS) is 16.3. The molecular formula is C39H31N3O8. The van der Waals surface area contributed by atoms with Crippen LogP contribution in [0.2, 0.25) is 0 Å². The van der Waals surface area contributed by atoms with Gasteiger partial charge in [0.05, 0.1) is 33.8 Å². The van der Waals surface area contributed by atoms with Gasteiger partial charge in [-0.25, -0.2) is 9.88 Å². The maximum absolute atomic E-state index is 13.9. The van der Waals surface area contributed by atoms with Gasteiger partial charge >= 0.3 is 5.97 Å². The molecule has 0 saturated heterocycles. The summed E-state index contributed by atoms with van der Waals surface area (Å²) in [6.45, 7) is 5.02. The first-order valence-corrected chi connectivity index (χ1v) is 16.6. The van der Waals surface area contributed by atoms with Gasteiger partial charge in [-0.2, -0.15) is 0 Å². The number of rotatable bonds is 6. The molecular weight excluding hydrogens is 638 g/mol. The molecule has 1 fully saturated rings. The van der Waals surface area contributed by atoms with Gasteiger partial charge in [-0.1, -0.05) is 18.9 Å². The van der Waals surface area contributed by atoms with Crippen molar-refractivity contribution in [1.29, 1.82) is 0 Å². The topological polar surface area (TPSA) is 153 Å². The van der Waals surface area contributed by atoms with Gasteiger partial charge in [0, 0.05) is 18.1 Å². The minimum atomic E-state index is -1.38. The zero-order valence-electron chi connectivity index (χ0n) is 27.5. The van der Waals surface area contributed by atoms with E-state index in [-0.39, 0.29) is 50.8 Å². The van der Waals surface area contributed by atoms with Crippen LogP contribution in [0.5, 0.6) is 11.5 Å². The molecule has 0 unspecified atom stereocenters. The lowest BCUT2D eigenvalue weighted by Gasteiger charge is -2.22. The molecule has 11 nitrogen and oxygen atoms in total. The van der Waals surface area contributed by atoms with E-state index in [4.69, 9.17) is 9.47 Å². The zero-order valence-corrected chi connectivity index (χ0v) is 27.5. The second-order valence-corrected chi connectivity index (χ2v) is 13.3. The van der Waals surface area contributed by atoms with E-state index in [1.54, 1.807) is 30.3 Å². The number of Topliss-reactive ketones (excluding diaryl/α,β-unsaturated/α-hetero) is 2. The summed E-state index contributed by atoms with van der Waals surface area (Å²) in [5, 5.41) is 1.13. The first kappa shape index (κ1) is 31.3. The highest BCUT2D eigenvalue weighted by molar-refractivity contribution is 6.36. The molecule has 0 radical (unpaired) electrons. The lowest BCUT2D eigenvalue weighted by Crippen LogP contribution is -2.30. The number of hydrogen-bond acceptors (Lipinski definition) is 9. The number of nitrogens with zero attached hydrogens (tertiary/aromatic N) is 2. The van der Waals surface area contributed by atoms with Gasteiger partial charge < -0.3 is 14.5 Å². The van der Waals surface area contributed by atoms with Crippen LogP contribution in [0.4, 0.5) is 5.69 Å². The molecule has 3 aliphatic rings. The van der Waals surface area contributed by atoms with E-state index in [0.29, 0.717) is 28.1 Å². The van der Waals surface area contributed by atoms with Crippen molar-refractivity contribution < 1.29 is 33.4 Å². The summed E-state index contributed by atoms with van der Waals surface area (Å²) >= 11 is 0. The Balaban J connectivity index is 1.14. The van der Waals surface area contributed by atoms with Crippen molar-refractivity contribution in [3.63, 3.8) is 0 Å². The molecule has 250 valence electrons. The third kappa shape index (κ3) is 4.99. The van der Waals surface area contributed by atoms with Crippen LogP contribution in [0.25, 0.3) is 21.7 Å². The summed E-state index contributed by atoms with van der Waals surface area (Å²) in [5.74, 6) is -3.12. The van der Waals surface area contributed by atoms with Crippen LogP contribution < -0.4 is 19.9 Å². The Morgan fingerprint density at radius 2 is 1.44 bits per heavy atom. The van der Waals surface area contributed by atoms with E-state index in [9.17, 15) is 28.8 Å². The van der Waals surface area contributed by atoms with Crippen LogP contribution >= 0.6 is 0 Å². The highest BCUT2D eigenvalue weighted by Crippen LogP contribution is 2.42. The molecule has 5 aromatic rings. The van der Waals surface area contributed by atoms with E-state index in [2.05, 4.69) is 9.97 Å². The maximum atomic E-state index is 13.9. The quantitative estimate of drug-likeness (QED) is 0.0935. The zero-order chi connectivity index (χ0) is 35.0. The van der Waals surface area contributed by atoms with E-state index in [0.717, 1.165) is 23.3 Å². The van der Waals surface area contributed by atoms with Crippen molar-refractivity contribution >= 4 is 56.7 Å². The molecule has 50 heavy (non-hydrogen) atoms. The number of aromatic amines is 1. The van der Waals surface area contributed by atoms with Crippen molar-refractivity contribution in [2.24, 2.45) is 0 Å². The number of anilines is 1. The number of H-pyrrole nitrogens is 1. The molecule has 8 rings (SSSR count). The Morgan fingerprint density at radius 3 is 2.04 bits per heavy atom. The standard InChI is InChI=1S/C39H31N3O8/c1-18(2)49-32-16-21(20-6-4-5-7-20)8-11-31(32)42-38(47)27-14-22-12-25-26(13-23(22)15-28(27)39(42)48)35(45)33(34(25)44)36-40-30-10-9-24(50-19(3)43)17-29(30)37(46)41-36/h8-18,20,33H,4-7H2,1-3H3,(H,40,41,46). The number of hydrogen-bond donors (Lipinski definition) is 1. The Bertz CT molecular complexity index is 2350. The fraction of sp³-hybridized carbons (Fsp3) is 0.256. The van der Waals surface area contributed by atoms with Crippen LogP contribution in [-0.4, -0.2) is 45.4 Å². The molecule has 2 amide bonds. The predicted molar refractivity (Wildman–Crippen MR) is 184 cm³/mol. The number of aromatic nitrogens is 2. The van der Waals surface area contributed by atoms with Crippen molar-refractivity contribution in [2.75, 3.05) is 4.90 Å². The number of benzene rings is 4. The lowest BCUT2D eigenvalue weighted by molar-refractivity contribution is -0.131. The van der Waals surface area contributed by atoms with Gasteiger partial charge in [-0.05, 0) is 104 Å². The Morgan fingerprint density at radius 1 is 0.820 bits per heavy atom. The molecule has 4 aromatic carbocycles. The number of fused-ring (bicyclic) bond motifs is 4. The van der Waals surface area contributed by atoms with Crippen LogP contribution in [0.15, 0.2) is 65.5 Å². The van der Waals surface area contributed by atoms with Crippen molar-refractivity contribution in [2.45, 2.75) is 64.4 Å². The SMILES string of the molecule is CC(=O)Oc1ccc2nc(C3C(=O)c4cc5cc6c(cc5cc4C3=O)C(=O)N(c3ccc(C4CCCC4)cc3OC(C)C)C6=O)[nH]c(=O)c2c1. The lowest BCUT2D eigenvalue weighted by atomic mass is 9.97. The first-order valence-electron chi connectivity index (χ1n) is 16.6. The van der Waals surface area contributed by atoms with Gasteiger partial charge in [0.2, 0.25) is 0 Å². The number of imide groups is 1. The summed E-state index contributed by atoms with van der Waals surface area (Å²) in [7, 11) is 0. The van der Waals surface area contributed by atoms with Gasteiger partial charge in [-0.15, -0.1) is 0 Å². The Kier molecular flexibility index (Phi) is 7.25. The average molecular weight is 670 g/mol. The average Bonchev–Trinajstić information content (AvgIpc) is 3.76. The highest BCUT2D eigenvalue weighted by Gasteiger charge is 2.43. The van der Waals surface area contributed by atoms with Crippen LogP contribution in [-0.2, 0) is 4.79 Å². The van der Waals surface area contributed by atoms with Gasteiger partial charge in [0.15, 0.2) is 11.6 Å². The van der Waals surface area contributed by atoms with Crippen LogP contribution in [0.1, 0.15) is 111 Å². The molecule has 1 saturated carbocycles. The monoisotopic (exact) mass is 669 g/mol. The van der Waals surface area contributed by atoms with Crippen molar-refractivity contribution in [1.82, 2.24) is 9.97 Å². The summed E-state index contributed by atoms with van der Waals surface area (Å²) < 4.78 is 11.2. The number of nitrogens with one attached hydrogen (secondary N) is 1. The predicted octanol–water partition coefficient (Wildman–Crippen LogP) is 6.41. The van der Waals surface area contributed by atoms with E-state index in [1.165, 1.54) is 38.0 Å². The third-order valence-electron chi connectivity index (χ3n) is 9.68. The van der Waals surface area contributed by atoms with Crippen LogP contribution in [0, 0.1) is 0 Å². The molecule has 1 aliphatic heterocycles. The molecule has 0 atom stereocenters. The maximum Gasteiger partial charge on any atom is 0.308 e. The summed E-state index contributed by atoms with van der Waals surface area (Å²) in [4.78, 5) is 87.7. The Labute approximate surface area is 285 Å². The number of ether oxygens (including phenoxy) is 2. The molecule has 2 aliphatic carbocycles. The molecule has 11 heteroatoms. The fourth-order valence-electron chi connectivity index (χ4n) is 7.42. The highest BCUT2D eigenvalue weighted by atomic mass is 16.5. The molecule has 2 heterocycles. The van der Waals surface area contributed by atoms with Gasteiger partial charge in [-0.3, -0.25) is 28.8 Å². The summed E-state index contributed by atoms with van der Waals surface area (Å²) in [5.41, 5.74) is 1.73. The van der Waals surface area contributed by atoms with Crippen LogP contribution in [0.3, 0.4) is 0 Å². The molecule has 1 N–H and O–H groups in total. The number of amides is 2. The number of ketones is 2. The van der Waals surface area contributed by atoms with Gasteiger partial charge in [0.25, 0.3) is 17.4 Å². The number of carbonyl (C=O) groups is 5. The van der Waals surface area contributed by atoms with Gasteiger partial charge in [0.1, 0.15) is 23.2 Å². The second-order valence-electron chi connectivity index (χ2n) is 13.3. The minimum absolute atomic E-state index is 0.111.